The molecule has 0 unspecified atom stereocenters. The molecule has 0 fully saturated rings. The first kappa shape index (κ1) is 11.9. The lowest BCUT2D eigenvalue weighted by Crippen LogP contribution is -1.70. The molecule has 0 bridgehead atoms. The highest BCUT2D eigenvalue weighted by Crippen LogP contribution is 2.34. The maximum Gasteiger partial charge on any atom is 0.161 e. The van der Waals surface area contributed by atoms with Crippen LogP contribution in [0.1, 0.15) is 0 Å². The Labute approximate surface area is 108 Å². The minimum absolute atomic E-state index is 0.0834. The second-order valence-electron chi connectivity index (χ2n) is 3.29. The molecule has 0 atom stereocenters. The van der Waals surface area contributed by atoms with Crippen LogP contribution in [0.15, 0.2) is 52.7 Å². The van der Waals surface area contributed by atoms with Gasteiger partial charge in [-0.15, -0.1) is 5.11 Å². The summed E-state index contributed by atoms with van der Waals surface area (Å²) in [6, 6.07) is 11.8. The van der Waals surface area contributed by atoms with Gasteiger partial charge in [-0.1, -0.05) is 35.3 Å². The predicted octanol–water partition coefficient (Wildman–Crippen LogP) is 5.11. The molecule has 1 N–H and O–H groups in total. The minimum atomic E-state index is -0.0834. The lowest BCUT2D eigenvalue weighted by Gasteiger charge is -1.99. The Balaban J connectivity index is 2.29. The molecule has 0 spiro atoms. The van der Waals surface area contributed by atoms with Crippen molar-refractivity contribution in [2.24, 2.45) is 10.2 Å². The van der Waals surface area contributed by atoms with Crippen molar-refractivity contribution in [1.29, 1.82) is 0 Å². The number of phenols is 1. The van der Waals surface area contributed by atoms with Gasteiger partial charge in [0, 0.05) is 5.02 Å². The maximum atomic E-state index is 9.62. The van der Waals surface area contributed by atoms with Gasteiger partial charge in [-0.3, -0.25) is 0 Å². The third-order valence-corrected chi connectivity index (χ3v) is 2.59. The summed E-state index contributed by atoms with van der Waals surface area (Å²) in [6.07, 6.45) is 0. The smallest absolute Gasteiger partial charge is 0.161 e. The van der Waals surface area contributed by atoms with Crippen molar-refractivity contribution < 1.29 is 5.11 Å². The highest BCUT2D eigenvalue weighted by atomic mass is 35.5. The highest BCUT2D eigenvalue weighted by Gasteiger charge is 2.03. The van der Waals surface area contributed by atoms with Crippen molar-refractivity contribution in [3.63, 3.8) is 0 Å². The number of azo groups is 1. The standard InChI is InChI=1S/C12H8Cl2N2O/c13-8-3-1-4-9(7-8)15-16-11-6-2-5-10(14)12(11)17/h1-7,17H. The Morgan fingerprint density at radius 3 is 2.47 bits per heavy atom. The van der Waals surface area contributed by atoms with Crippen LogP contribution in [0.2, 0.25) is 10.0 Å². The molecule has 0 amide bonds. The maximum absolute atomic E-state index is 9.62. The van der Waals surface area contributed by atoms with Crippen LogP contribution in [-0.2, 0) is 0 Å². The van der Waals surface area contributed by atoms with E-state index in [9.17, 15) is 5.11 Å². The van der Waals surface area contributed by atoms with Crippen LogP contribution in [0.4, 0.5) is 11.4 Å². The van der Waals surface area contributed by atoms with Gasteiger partial charge in [0.1, 0.15) is 5.69 Å². The average molecular weight is 267 g/mol. The van der Waals surface area contributed by atoms with Crippen LogP contribution in [0.5, 0.6) is 5.75 Å². The first-order valence-electron chi connectivity index (χ1n) is 4.81. The average Bonchev–Trinajstić information content (AvgIpc) is 2.31. The first-order valence-corrected chi connectivity index (χ1v) is 5.57. The van der Waals surface area contributed by atoms with Gasteiger partial charge in [0.15, 0.2) is 5.75 Å². The zero-order valence-corrected chi connectivity index (χ0v) is 10.2. The summed E-state index contributed by atoms with van der Waals surface area (Å²) < 4.78 is 0. The fraction of sp³-hybridized carbons (Fsp3) is 0. The summed E-state index contributed by atoms with van der Waals surface area (Å²) in [6.45, 7) is 0. The molecule has 2 aromatic carbocycles. The molecule has 0 aliphatic carbocycles. The number of nitrogens with zero attached hydrogens (tertiary/aromatic N) is 2. The van der Waals surface area contributed by atoms with Gasteiger partial charge in [0.05, 0.1) is 10.7 Å². The van der Waals surface area contributed by atoms with Crippen molar-refractivity contribution in [3.8, 4) is 5.75 Å². The normalized spacial score (nSPS) is 10.9. The van der Waals surface area contributed by atoms with Crippen molar-refractivity contribution >= 4 is 34.6 Å². The van der Waals surface area contributed by atoms with Crippen molar-refractivity contribution in [2.75, 3.05) is 0 Å². The van der Waals surface area contributed by atoms with Crippen LogP contribution < -0.4 is 0 Å². The fourth-order valence-corrected chi connectivity index (χ4v) is 1.59. The van der Waals surface area contributed by atoms with Crippen LogP contribution >= 0.6 is 23.2 Å². The molecule has 2 aromatic rings. The molecule has 0 radical (unpaired) electrons. The molecule has 3 nitrogen and oxygen atoms in total. The Hall–Kier alpha value is -1.58. The summed E-state index contributed by atoms with van der Waals surface area (Å²) in [5, 5.41) is 18.3. The van der Waals surface area contributed by atoms with Crippen molar-refractivity contribution in [3.05, 3.63) is 52.5 Å². The lowest BCUT2D eigenvalue weighted by atomic mass is 10.3. The SMILES string of the molecule is Oc1c(Cl)cccc1N=Nc1cccc(Cl)c1. The first-order chi connectivity index (χ1) is 8.16. The van der Waals surface area contributed by atoms with Gasteiger partial charge in [0.25, 0.3) is 0 Å². The van der Waals surface area contributed by atoms with E-state index in [0.717, 1.165) is 0 Å². The quantitative estimate of drug-likeness (QED) is 0.754. The zero-order chi connectivity index (χ0) is 12.3. The second kappa shape index (κ2) is 5.17. The summed E-state index contributed by atoms with van der Waals surface area (Å²) >= 11 is 11.6. The Morgan fingerprint density at radius 1 is 0.941 bits per heavy atom. The summed E-state index contributed by atoms with van der Waals surface area (Å²) in [5.74, 6) is -0.0834. The molecule has 0 saturated heterocycles. The lowest BCUT2D eigenvalue weighted by molar-refractivity contribution is 0.476. The van der Waals surface area contributed by atoms with Crippen molar-refractivity contribution in [2.45, 2.75) is 0 Å². The van der Waals surface area contributed by atoms with Crippen LogP contribution in [0.25, 0.3) is 0 Å². The van der Waals surface area contributed by atoms with E-state index in [1.165, 1.54) is 0 Å². The number of hydrogen-bond acceptors (Lipinski definition) is 3. The number of halogens is 2. The number of aromatic hydroxyl groups is 1. The Kier molecular flexibility index (Phi) is 3.61. The van der Waals surface area contributed by atoms with Crippen LogP contribution in [0, 0.1) is 0 Å². The number of benzene rings is 2. The Bertz CT molecular complexity index is 570. The number of hydrogen-bond donors (Lipinski definition) is 1. The molecular formula is C12H8Cl2N2O. The van der Waals surface area contributed by atoms with Gasteiger partial charge < -0.3 is 5.11 Å². The molecule has 17 heavy (non-hydrogen) atoms. The molecule has 2 rings (SSSR count). The number of para-hydroxylation sites is 1. The topological polar surface area (TPSA) is 45.0 Å². The molecule has 0 aliphatic heterocycles. The van der Waals surface area contributed by atoms with E-state index >= 15 is 0 Å². The van der Waals surface area contributed by atoms with Gasteiger partial charge >= 0.3 is 0 Å². The van der Waals surface area contributed by atoms with E-state index in [1.807, 2.05) is 0 Å². The monoisotopic (exact) mass is 266 g/mol. The number of phenolic OH excluding ortho intramolecular Hbond substituents is 1. The highest BCUT2D eigenvalue weighted by molar-refractivity contribution is 6.32. The van der Waals surface area contributed by atoms with Gasteiger partial charge in [-0.2, -0.15) is 5.11 Å². The van der Waals surface area contributed by atoms with Crippen molar-refractivity contribution in [1.82, 2.24) is 0 Å². The van der Waals surface area contributed by atoms with E-state index in [2.05, 4.69) is 10.2 Å². The summed E-state index contributed by atoms with van der Waals surface area (Å²) in [7, 11) is 0. The third-order valence-electron chi connectivity index (χ3n) is 2.05. The number of rotatable bonds is 2. The minimum Gasteiger partial charge on any atom is -0.504 e. The van der Waals surface area contributed by atoms with E-state index in [1.54, 1.807) is 42.5 Å². The van der Waals surface area contributed by atoms with Crippen LogP contribution in [0.3, 0.4) is 0 Å². The molecule has 86 valence electrons. The summed E-state index contributed by atoms with van der Waals surface area (Å²) in [4.78, 5) is 0. The third kappa shape index (κ3) is 2.96. The fourth-order valence-electron chi connectivity index (χ4n) is 1.23. The van der Waals surface area contributed by atoms with Gasteiger partial charge in [-0.25, -0.2) is 0 Å². The molecule has 0 saturated carbocycles. The molecular weight excluding hydrogens is 259 g/mol. The molecule has 0 aromatic heterocycles. The van der Waals surface area contributed by atoms with Gasteiger partial charge in [-0.05, 0) is 30.3 Å². The molecule has 0 aliphatic rings. The Morgan fingerprint density at radius 2 is 1.71 bits per heavy atom. The van der Waals surface area contributed by atoms with Crippen LogP contribution in [-0.4, -0.2) is 5.11 Å². The van der Waals surface area contributed by atoms with E-state index in [0.29, 0.717) is 16.4 Å². The van der Waals surface area contributed by atoms with E-state index in [-0.39, 0.29) is 10.8 Å². The summed E-state index contributed by atoms with van der Waals surface area (Å²) in [5.41, 5.74) is 0.925. The van der Waals surface area contributed by atoms with E-state index < -0.39 is 0 Å². The largest absolute Gasteiger partial charge is 0.504 e. The van der Waals surface area contributed by atoms with Gasteiger partial charge in [0.2, 0.25) is 0 Å². The molecule has 0 heterocycles. The second-order valence-corrected chi connectivity index (χ2v) is 4.13. The zero-order valence-electron chi connectivity index (χ0n) is 8.64. The van der Waals surface area contributed by atoms with E-state index in [4.69, 9.17) is 23.2 Å². The predicted molar refractivity (Wildman–Crippen MR) is 68.7 cm³/mol. The molecule has 5 heteroatoms.